The molecule has 2 heteroatoms. The molecule has 0 aliphatic carbocycles. The maximum atomic E-state index is 3.40. The van der Waals surface area contributed by atoms with Crippen molar-refractivity contribution < 1.29 is 1.43 Å². The summed E-state index contributed by atoms with van der Waals surface area (Å²) in [5.41, 5.74) is 0.714. The molecule has 2 rings (SSSR count). The number of rotatable bonds is 1. The Balaban J connectivity index is 0.000000845. The zero-order chi connectivity index (χ0) is 8.60. The van der Waals surface area contributed by atoms with Gasteiger partial charge in [-0.3, -0.25) is 0 Å². The summed E-state index contributed by atoms with van der Waals surface area (Å²) in [6.07, 6.45) is 2.83. The molecule has 0 amide bonds. The SMILES string of the molecule is CC(C)N1CCC2(CC1)CNC2.[HH]. The van der Waals surface area contributed by atoms with Gasteiger partial charge in [0.15, 0.2) is 0 Å². The van der Waals surface area contributed by atoms with Crippen LogP contribution in [0.15, 0.2) is 0 Å². The van der Waals surface area contributed by atoms with Crippen molar-refractivity contribution in [3.63, 3.8) is 0 Å². The first kappa shape index (κ1) is 8.52. The van der Waals surface area contributed by atoms with Crippen molar-refractivity contribution in [1.82, 2.24) is 10.2 Å². The van der Waals surface area contributed by atoms with Gasteiger partial charge in [0.2, 0.25) is 0 Å². The molecule has 2 aliphatic rings. The fourth-order valence-electron chi connectivity index (χ4n) is 2.35. The summed E-state index contributed by atoms with van der Waals surface area (Å²) >= 11 is 0. The Morgan fingerprint density at radius 3 is 2.17 bits per heavy atom. The normalized spacial score (nSPS) is 29.2. The summed E-state index contributed by atoms with van der Waals surface area (Å²) in [7, 11) is 0. The van der Waals surface area contributed by atoms with Gasteiger partial charge in [0.25, 0.3) is 0 Å². The van der Waals surface area contributed by atoms with Crippen LogP contribution in [0.1, 0.15) is 28.1 Å². The Labute approximate surface area is 76.8 Å². The van der Waals surface area contributed by atoms with Crippen LogP contribution in [0.4, 0.5) is 0 Å². The molecule has 2 fully saturated rings. The predicted octanol–water partition coefficient (Wildman–Crippen LogP) is 1.33. The van der Waals surface area contributed by atoms with Gasteiger partial charge in [0.1, 0.15) is 0 Å². The minimum absolute atomic E-state index is 0. The number of nitrogens with one attached hydrogen (secondary N) is 1. The quantitative estimate of drug-likeness (QED) is 0.638. The van der Waals surface area contributed by atoms with Crippen LogP contribution in [0.3, 0.4) is 0 Å². The third kappa shape index (κ3) is 1.38. The number of hydrogen-bond acceptors (Lipinski definition) is 2. The molecule has 2 nitrogen and oxygen atoms in total. The number of hydrogen-bond donors (Lipinski definition) is 1. The van der Waals surface area contributed by atoms with Gasteiger partial charge in [-0.15, -0.1) is 0 Å². The third-order valence-electron chi connectivity index (χ3n) is 3.59. The maximum absolute atomic E-state index is 3.40. The van der Waals surface area contributed by atoms with Gasteiger partial charge < -0.3 is 10.2 Å². The van der Waals surface area contributed by atoms with E-state index in [9.17, 15) is 0 Å². The molecule has 2 saturated heterocycles. The standard InChI is InChI=1S/C10H20N2.H2/c1-9(2)12-5-3-10(4-6-12)7-11-8-10;/h9,11H,3-8H2,1-2H3;1H. The molecule has 72 valence electrons. The van der Waals surface area contributed by atoms with E-state index in [1.165, 1.54) is 39.0 Å². The van der Waals surface area contributed by atoms with Crippen LogP contribution >= 0.6 is 0 Å². The second kappa shape index (κ2) is 3.00. The first-order valence-corrected chi connectivity index (χ1v) is 5.17. The minimum atomic E-state index is 0. The summed E-state index contributed by atoms with van der Waals surface area (Å²) in [5, 5.41) is 3.40. The van der Waals surface area contributed by atoms with Crippen LogP contribution in [0, 0.1) is 5.41 Å². The molecular weight excluding hydrogens is 148 g/mol. The van der Waals surface area contributed by atoms with Gasteiger partial charge in [0.05, 0.1) is 0 Å². The zero-order valence-electron chi connectivity index (χ0n) is 8.27. The number of likely N-dealkylation sites (tertiary alicyclic amines) is 1. The van der Waals surface area contributed by atoms with Crippen molar-refractivity contribution in [2.75, 3.05) is 26.2 Å². The Bertz CT molecular complexity index is 156. The summed E-state index contributed by atoms with van der Waals surface area (Å²) in [6.45, 7) is 9.80. The molecule has 0 atom stereocenters. The van der Waals surface area contributed by atoms with Crippen molar-refractivity contribution >= 4 is 0 Å². The molecule has 0 unspecified atom stereocenters. The summed E-state index contributed by atoms with van der Waals surface area (Å²) in [5.74, 6) is 0. The van der Waals surface area contributed by atoms with E-state index < -0.39 is 0 Å². The average Bonchev–Trinajstić information content (AvgIpc) is 2.02. The highest BCUT2D eigenvalue weighted by atomic mass is 15.2. The summed E-state index contributed by atoms with van der Waals surface area (Å²) in [4.78, 5) is 2.60. The highest BCUT2D eigenvalue weighted by molar-refractivity contribution is 4.96. The van der Waals surface area contributed by atoms with Gasteiger partial charge in [0, 0.05) is 20.6 Å². The van der Waals surface area contributed by atoms with Crippen LogP contribution in [0.2, 0.25) is 0 Å². The van der Waals surface area contributed by atoms with Crippen LogP contribution in [0.25, 0.3) is 0 Å². The van der Waals surface area contributed by atoms with Gasteiger partial charge in [-0.05, 0) is 45.2 Å². The molecule has 0 bridgehead atoms. The maximum Gasteiger partial charge on any atom is 0.00385 e. The molecule has 0 aromatic heterocycles. The Morgan fingerprint density at radius 2 is 1.83 bits per heavy atom. The van der Waals surface area contributed by atoms with E-state index in [4.69, 9.17) is 0 Å². The van der Waals surface area contributed by atoms with E-state index in [1.54, 1.807) is 0 Å². The molecule has 0 aromatic rings. The molecule has 1 N–H and O–H groups in total. The first-order valence-electron chi connectivity index (χ1n) is 5.17. The molecule has 0 aromatic carbocycles. The van der Waals surface area contributed by atoms with Crippen LogP contribution in [-0.2, 0) is 0 Å². The van der Waals surface area contributed by atoms with Gasteiger partial charge in [-0.2, -0.15) is 0 Å². The fraction of sp³-hybridized carbons (Fsp3) is 1.00. The average molecular weight is 170 g/mol. The fourth-order valence-corrected chi connectivity index (χ4v) is 2.35. The van der Waals surface area contributed by atoms with Crippen molar-refractivity contribution in [3.8, 4) is 0 Å². The molecule has 2 heterocycles. The third-order valence-corrected chi connectivity index (χ3v) is 3.59. The molecule has 2 aliphatic heterocycles. The second-order valence-electron chi connectivity index (χ2n) is 4.73. The van der Waals surface area contributed by atoms with Crippen LogP contribution < -0.4 is 5.32 Å². The smallest absolute Gasteiger partial charge is 0.00385 e. The minimum Gasteiger partial charge on any atom is -0.316 e. The molecule has 1 spiro atoms. The monoisotopic (exact) mass is 170 g/mol. The Morgan fingerprint density at radius 1 is 1.25 bits per heavy atom. The Hall–Kier alpha value is -0.0800. The molecule has 0 saturated carbocycles. The van der Waals surface area contributed by atoms with Crippen molar-refractivity contribution in [3.05, 3.63) is 0 Å². The van der Waals surface area contributed by atoms with E-state index in [-0.39, 0.29) is 1.43 Å². The lowest BCUT2D eigenvalue weighted by Gasteiger charge is -2.49. The van der Waals surface area contributed by atoms with E-state index >= 15 is 0 Å². The van der Waals surface area contributed by atoms with Gasteiger partial charge in [-0.1, -0.05) is 0 Å². The van der Waals surface area contributed by atoms with Crippen LogP contribution in [-0.4, -0.2) is 37.1 Å². The van der Waals surface area contributed by atoms with E-state index in [0.29, 0.717) is 5.41 Å². The zero-order valence-corrected chi connectivity index (χ0v) is 8.27. The molecule has 12 heavy (non-hydrogen) atoms. The molecule has 0 radical (unpaired) electrons. The van der Waals surface area contributed by atoms with Gasteiger partial charge in [-0.25, -0.2) is 0 Å². The topological polar surface area (TPSA) is 15.3 Å². The lowest BCUT2D eigenvalue weighted by Crippen LogP contribution is -2.58. The number of nitrogens with zero attached hydrogens (tertiary/aromatic N) is 1. The van der Waals surface area contributed by atoms with Crippen molar-refractivity contribution in [2.24, 2.45) is 5.41 Å². The van der Waals surface area contributed by atoms with Crippen LogP contribution in [0.5, 0.6) is 0 Å². The summed E-state index contributed by atoms with van der Waals surface area (Å²) < 4.78 is 0. The largest absolute Gasteiger partial charge is 0.316 e. The number of piperidine rings is 1. The van der Waals surface area contributed by atoms with Crippen molar-refractivity contribution in [1.29, 1.82) is 0 Å². The van der Waals surface area contributed by atoms with Gasteiger partial charge >= 0.3 is 0 Å². The highest BCUT2D eigenvalue weighted by Crippen LogP contribution is 2.35. The highest BCUT2D eigenvalue weighted by Gasteiger charge is 2.39. The lowest BCUT2D eigenvalue weighted by molar-refractivity contribution is 0.0418. The van der Waals surface area contributed by atoms with E-state index in [1.807, 2.05) is 0 Å². The Kier molecular flexibility index (Phi) is 2.13. The molecular formula is C10H22N2. The summed E-state index contributed by atoms with van der Waals surface area (Å²) in [6, 6.07) is 0.746. The second-order valence-corrected chi connectivity index (χ2v) is 4.73. The first-order chi connectivity index (χ1) is 5.72. The lowest BCUT2D eigenvalue weighted by atomic mass is 9.73. The predicted molar refractivity (Wildman–Crippen MR) is 53.4 cm³/mol. The van der Waals surface area contributed by atoms with E-state index in [0.717, 1.165) is 6.04 Å². The van der Waals surface area contributed by atoms with Crippen molar-refractivity contribution in [2.45, 2.75) is 32.7 Å². The van der Waals surface area contributed by atoms with E-state index in [2.05, 4.69) is 24.1 Å².